The van der Waals surface area contributed by atoms with Crippen molar-refractivity contribution in [3.05, 3.63) is 59.4 Å². The predicted molar refractivity (Wildman–Crippen MR) is 68.8 cm³/mol. The highest BCUT2D eigenvalue weighted by Crippen LogP contribution is 2.23. The van der Waals surface area contributed by atoms with E-state index in [9.17, 15) is 4.39 Å². The zero-order chi connectivity index (χ0) is 12.3. The molecule has 0 aliphatic rings. The molecule has 0 aliphatic heterocycles. The molecule has 0 saturated heterocycles. The summed E-state index contributed by atoms with van der Waals surface area (Å²) in [6.45, 7) is 2.20. The topological polar surface area (TPSA) is 38.0 Å². The molecule has 2 rings (SSSR count). The molecule has 0 saturated carbocycles. The standard InChI is InChI=1S/C14H15FN2/c1-10-4-2-5-11(8-10)17-14-7-3-6-13(15)12(14)9-16/h2-8,17H,9,16H2,1H3. The lowest BCUT2D eigenvalue weighted by Gasteiger charge is -2.12. The molecule has 2 aromatic rings. The Morgan fingerprint density at radius 2 is 1.94 bits per heavy atom. The molecule has 0 amide bonds. The van der Waals surface area contributed by atoms with Gasteiger partial charge in [-0.1, -0.05) is 18.2 Å². The van der Waals surface area contributed by atoms with Crippen LogP contribution in [0.2, 0.25) is 0 Å². The SMILES string of the molecule is Cc1cccc(Nc2cccc(F)c2CN)c1. The minimum Gasteiger partial charge on any atom is -0.355 e. The third-order valence-electron chi connectivity index (χ3n) is 2.62. The molecule has 0 aliphatic carbocycles. The first kappa shape index (κ1) is 11.6. The van der Waals surface area contributed by atoms with Crippen molar-refractivity contribution >= 4 is 11.4 Å². The van der Waals surface area contributed by atoms with Gasteiger partial charge in [0.05, 0.1) is 0 Å². The minimum atomic E-state index is -0.273. The predicted octanol–water partition coefficient (Wildman–Crippen LogP) is 3.34. The van der Waals surface area contributed by atoms with Gasteiger partial charge in [-0.05, 0) is 36.8 Å². The van der Waals surface area contributed by atoms with Gasteiger partial charge in [-0.15, -0.1) is 0 Å². The third kappa shape index (κ3) is 2.63. The second-order valence-electron chi connectivity index (χ2n) is 3.96. The van der Waals surface area contributed by atoms with E-state index in [1.807, 2.05) is 37.3 Å². The molecular weight excluding hydrogens is 215 g/mol. The van der Waals surface area contributed by atoms with Crippen LogP contribution < -0.4 is 11.1 Å². The van der Waals surface area contributed by atoms with Gasteiger partial charge in [-0.3, -0.25) is 0 Å². The maximum atomic E-state index is 13.5. The van der Waals surface area contributed by atoms with Gasteiger partial charge in [0.25, 0.3) is 0 Å². The average Bonchev–Trinajstić information content (AvgIpc) is 2.29. The van der Waals surface area contributed by atoms with Crippen LogP contribution in [0, 0.1) is 12.7 Å². The van der Waals surface area contributed by atoms with E-state index in [0.29, 0.717) is 5.56 Å². The fourth-order valence-corrected chi connectivity index (χ4v) is 1.76. The van der Waals surface area contributed by atoms with Gasteiger partial charge in [-0.2, -0.15) is 0 Å². The molecule has 0 bridgehead atoms. The van der Waals surface area contributed by atoms with Crippen LogP contribution in [0.4, 0.5) is 15.8 Å². The molecule has 0 unspecified atom stereocenters. The van der Waals surface area contributed by atoms with Gasteiger partial charge in [0, 0.05) is 23.5 Å². The number of nitrogens with two attached hydrogens (primary N) is 1. The van der Waals surface area contributed by atoms with Crippen molar-refractivity contribution < 1.29 is 4.39 Å². The van der Waals surface area contributed by atoms with E-state index in [2.05, 4.69) is 5.32 Å². The lowest BCUT2D eigenvalue weighted by Crippen LogP contribution is -2.04. The summed E-state index contributed by atoms with van der Waals surface area (Å²) in [5, 5.41) is 3.19. The first-order valence-electron chi connectivity index (χ1n) is 5.52. The van der Waals surface area contributed by atoms with E-state index in [0.717, 1.165) is 16.9 Å². The maximum absolute atomic E-state index is 13.5. The Labute approximate surface area is 100 Å². The van der Waals surface area contributed by atoms with Crippen molar-refractivity contribution in [2.75, 3.05) is 5.32 Å². The van der Waals surface area contributed by atoms with Gasteiger partial charge >= 0.3 is 0 Å². The molecule has 0 fully saturated rings. The lowest BCUT2D eigenvalue weighted by molar-refractivity contribution is 0.611. The number of anilines is 2. The van der Waals surface area contributed by atoms with Crippen molar-refractivity contribution in [3.63, 3.8) is 0 Å². The second-order valence-corrected chi connectivity index (χ2v) is 3.96. The van der Waals surface area contributed by atoms with Crippen LogP contribution in [0.25, 0.3) is 0 Å². The van der Waals surface area contributed by atoms with Crippen molar-refractivity contribution in [3.8, 4) is 0 Å². The number of halogens is 1. The fourth-order valence-electron chi connectivity index (χ4n) is 1.76. The smallest absolute Gasteiger partial charge is 0.129 e. The van der Waals surface area contributed by atoms with Gasteiger partial charge < -0.3 is 11.1 Å². The number of nitrogens with one attached hydrogen (secondary N) is 1. The quantitative estimate of drug-likeness (QED) is 0.848. The van der Waals surface area contributed by atoms with Crippen LogP contribution in [0.15, 0.2) is 42.5 Å². The number of benzene rings is 2. The molecule has 2 nitrogen and oxygen atoms in total. The van der Waals surface area contributed by atoms with E-state index < -0.39 is 0 Å². The number of hydrogen-bond acceptors (Lipinski definition) is 2. The van der Waals surface area contributed by atoms with Gasteiger partial charge in [0.1, 0.15) is 5.82 Å². The summed E-state index contributed by atoms with van der Waals surface area (Å²) >= 11 is 0. The minimum absolute atomic E-state index is 0.181. The Kier molecular flexibility index (Phi) is 3.40. The van der Waals surface area contributed by atoms with Gasteiger partial charge in [0.2, 0.25) is 0 Å². The van der Waals surface area contributed by atoms with Gasteiger partial charge in [0.15, 0.2) is 0 Å². The third-order valence-corrected chi connectivity index (χ3v) is 2.62. The average molecular weight is 230 g/mol. The normalized spacial score (nSPS) is 10.3. The fraction of sp³-hybridized carbons (Fsp3) is 0.143. The Bertz CT molecular complexity index is 523. The number of rotatable bonds is 3. The molecular formula is C14H15FN2. The van der Waals surface area contributed by atoms with Gasteiger partial charge in [-0.25, -0.2) is 4.39 Å². The summed E-state index contributed by atoms with van der Waals surface area (Å²) in [5.41, 5.74) is 8.87. The number of aryl methyl sites for hydroxylation is 1. The summed E-state index contributed by atoms with van der Waals surface area (Å²) in [7, 11) is 0. The number of hydrogen-bond donors (Lipinski definition) is 2. The van der Waals surface area contributed by atoms with E-state index in [-0.39, 0.29) is 12.4 Å². The molecule has 3 heteroatoms. The van der Waals surface area contributed by atoms with E-state index in [1.54, 1.807) is 6.07 Å². The van der Waals surface area contributed by atoms with Crippen molar-refractivity contribution in [1.82, 2.24) is 0 Å². The summed E-state index contributed by atoms with van der Waals surface area (Å²) in [6.07, 6.45) is 0. The first-order chi connectivity index (χ1) is 8.20. The van der Waals surface area contributed by atoms with Crippen LogP contribution in [0.3, 0.4) is 0 Å². The highest BCUT2D eigenvalue weighted by Gasteiger charge is 2.06. The van der Waals surface area contributed by atoms with Crippen LogP contribution >= 0.6 is 0 Å². The lowest BCUT2D eigenvalue weighted by atomic mass is 10.1. The molecule has 88 valence electrons. The molecule has 0 heterocycles. The Hall–Kier alpha value is -1.87. The summed E-state index contributed by atoms with van der Waals surface area (Å²) in [5.74, 6) is -0.273. The van der Waals surface area contributed by atoms with Crippen molar-refractivity contribution in [2.24, 2.45) is 5.73 Å². The van der Waals surface area contributed by atoms with Crippen LogP contribution in [0.1, 0.15) is 11.1 Å². The van der Waals surface area contributed by atoms with Crippen LogP contribution in [-0.4, -0.2) is 0 Å². The Morgan fingerprint density at radius 3 is 2.65 bits per heavy atom. The molecule has 0 radical (unpaired) electrons. The summed E-state index contributed by atoms with van der Waals surface area (Å²) < 4.78 is 13.5. The largest absolute Gasteiger partial charge is 0.355 e. The molecule has 0 aromatic heterocycles. The highest BCUT2D eigenvalue weighted by atomic mass is 19.1. The summed E-state index contributed by atoms with van der Waals surface area (Å²) in [4.78, 5) is 0. The monoisotopic (exact) mass is 230 g/mol. The zero-order valence-electron chi connectivity index (χ0n) is 9.70. The second kappa shape index (κ2) is 4.97. The first-order valence-corrected chi connectivity index (χ1v) is 5.52. The van der Waals surface area contributed by atoms with E-state index >= 15 is 0 Å². The van der Waals surface area contributed by atoms with Crippen molar-refractivity contribution in [1.29, 1.82) is 0 Å². The van der Waals surface area contributed by atoms with E-state index in [1.165, 1.54) is 6.07 Å². The zero-order valence-corrected chi connectivity index (χ0v) is 9.70. The van der Waals surface area contributed by atoms with E-state index in [4.69, 9.17) is 5.73 Å². The molecule has 3 N–H and O–H groups in total. The van der Waals surface area contributed by atoms with Crippen LogP contribution in [-0.2, 0) is 6.54 Å². The molecule has 17 heavy (non-hydrogen) atoms. The Balaban J connectivity index is 2.33. The van der Waals surface area contributed by atoms with Crippen LogP contribution in [0.5, 0.6) is 0 Å². The molecule has 2 aromatic carbocycles. The van der Waals surface area contributed by atoms with Crippen molar-refractivity contribution in [2.45, 2.75) is 13.5 Å². The molecule has 0 spiro atoms. The molecule has 0 atom stereocenters. The maximum Gasteiger partial charge on any atom is 0.129 e. The highest BCUT2D eigenvalue weighted by molar-refractivity contribution is 5.63. The summed E-state index contributed by atoms with van der Waals surface area (Å²) in [6, 6.07) is 12.8. The Morgan fingerprint density at radius 1 is 1.18 bits per heavy atom.